The predicted molar refractivity (Wildman–Crippen MR) is 204 cm³/mol. The molecule has 10 aromatic rings. The van der Waals surface area contributed by atoms with Gasteiger partial charge in [0.15, 0.2) is 0 Å². The maximum Gasteiger partial charge on any atom is 0.0355 e. The van der Waals surface area contributed by atoms with Crippen LogP contribution >= 0.6 is 22.7 Å². The number of hydrogen-bond donors (Lipinski definition) is 0. The van der Waals surface area contributed by atoms with Gasteiger partial charge in [-0.1, -0.05) is 97.1 Å². The van der Waals surface area contributed by atoms with Gasteiger partial charge in [0, 0.05) is 40.3 Å². The van der Waals surface area contributed by atoms with Gasteiger partial charge in [0.25, 0.3) is 0 Å². The smallest absolute Gasteiger partial charge is 0.0355 e. The minimum absolute atomic E-state index is 1.04. The van der Waals surface area contributed by atoms with Crippen LogP contribution in [0.25, 0.3) is 72.7 Å². The number of hydrogen-bond acceptors (Lipinski definition) is 2. The molecular formula is C44H30S2. The lowest BCUT2D eigenvalue weighted by Crippen LogP contribution is -1.94. The number of thiophene rings is 2. The third kappa shape index (κ3) is 4.32. The minimum Gasteiger partial charge on any atom is -0.135 e. The Morgan fingerprint density at radius 1 is 0.304 bits per heavy atom. The molecule has 0 nitrogen and oxygen atoms in total. The van der Waals surface area contributed by atoms with Crippen LogP contribution in [0.4, 0.5) is 0 Å². The Kier molecular flexibility index (Phi) is 5.97. The summed E-state index contributed by atoms with van der Waals surface area (Å²) in [5.74, 6) is 0. The summed E-state index contributed by atoms with van der Waals surface area (Å²) in [6.07, 6.45) is 4.18. The summed E-state index contributed by atoms with van der Waals surface area (Å²) in [5.41, 5.74) is 5.66. The Bertz CT molecular complexity index is 2500. The molecule has 0 atom stereocenters. The summed E-state index contributed by atoms with van der Waals surface area (Å²) >= 11 is 3.79. The molecule has 218 valence electrons. The molecular weight excluding hydrogens is 593 g/mol. The zero-order chi connectivity index (χ0) is 30.2. The van der Waals surface area contributed by atoms with Crippen molar-refractivity contribution in [2.75, 3.05) is 0 Å². The first kappa shape index (κ1) is 26.5. The first-order valence-electron chi connectivity index (χ1n) is 16.2. The normalized spacial score (nSPS) is 12.3. The van der Waals surface area contributed by atoms with Crippen LogP contribution < -0.4 is 0 Å². The molecule has 0 saturated heterocycles. The van der Waals surface area contributed by atoms with Gasteiger partial charge in [0.05, 0.1) is 0 Å². The number of benzene rings is 8. The standard InChI is InChI=1S/C44H30S2/c1-3-7-39-35(5-1)37-25-27(13-19-41(37)45-39)9-11-29-21-31-15-17-33-23-30(24-34-18-16-32(22-29)43(31)44(33)34)12-10-28-14-20-42-38(26-28)36-6-2-4-8-40(36)46-42/h1-8,13-26H,9-12H2. The molecule has 0 radical (unpaired) electrons. The molecule has 0 aliphatic heterocycles. The molecule has 8 aromatic carbocycles. The molecule has 0 bridgehead atoms. The average Bonchev–Trinajstić information content (AvgIpc) is 3.66. The molecule has 0 N–H and O–H groups in total. The van der Waals surface area contributed by atoms with Crippen molar-refractivity contribution in [2.24, 2.45) is 0 Å². The first-order chi connectivity index (χ1) is 22.7. The van der Waals surface area contributed by atoms with Gasteiger partial charge < -0.3 is 0 Å². The van der Waals surface area contributed by atoms with Crippen molar-refractivity contribution in [1.82, 2.24) is 0 Å². The van der Waals surface area contributed by atoms with E-state index < -0.39 is 0 Å². The van der Waals surface area contributed by atoms with Gasteiger partial charge in [-0.3, -0.25) is 0 Å². The summed E-state index contributed by atoms with van der Waals surface area (Å²) in [6, 6.07) is 50.8. The van der Waals surface area contributed by atoms with Crippen molar-refractivity contribution < 1.29 is 0 Å². The Labute approximate surface area is 275 Å². The van der Waals surface area contributed by atoms with Crippen LogP contribution in [0, 0.1) is 0 Å². The molecule has 0 amide bonds. The van der Waals surface area contributed by atoms with E-state index >= 15 is 0 Å². The van der Waals surface area contributed by atoms with Crippen molar-refractivity contribution >= 4 is 95.3 Å². The highest BCUT2D eigenvalue weighted by atomic mass is 32.1. The Morgan fingerprint density at radius 2 is 0.674 bits per heavy atom. The van der Waals surface area contributed by atoms with E-state index in [9.17, 15) is 0 Å². The maximum atomic E-state index is 2.43. The van der Waals surface area contributed by atoms with Crippen LogP contribution in [-0.4, -0.2) is 0 Å². The Hall–Kier alpha value is -4.76. The highest BCUT2D eigenvalue weighted by Crippen LogP contribution is 2.38. The van der Waals surface area contributed by atoms with Gasteiger partial charge in [0.1, 0.15) is 0 Å². The number of rotatable bonds is 6. The second-order valence-corrected chi connectivity index (χ2v) is 15.0. The fourth-order valence-corrected chi connectivity index (χ4v) is 9.86. The molecule has 0 aliphatic carbocycles. The molecule has 0 unspecified atom stereocenters. The minimum atomic E-state index is 1.04. The van der Waals surface area contributed by atoms with Gasteiger partial charge in [-0.25, -0.2) is 0 Å². The van der Waals surface area contributed by atoms with Crippen LogP contribution in [0.1, 0.15) is 22.3 Å². The highest BCUT2D eigenvalue weighted by molar-refractivity contribution is 7.26. The molecule has 10 rings (SSSR count). The largest absolute Gasteiger partial charge is 0.135 e. The van der Waals surface area contributed by atoms with Crippen molar-refractivity contribution in [1.29, 1.82) is 0 Å². The SMILES string of the molecule is c1ccc2c(c1)sc1ccc(CCc3cc4ccc5cc(CCc6ccc7sc8ccccc8c7c6)cc6ccc(c3)c4c56)cc12. The van der Waals surface area contributed by atoms with Crippen molar-refractivity contribution in [2.45, 2.75) is 25.7 Å². The van der Waals surface area contributed by atoms with E-state index in [1.54, 1.807) is 0 Å². The van der Waals surface area contributed by atoms with Crippen LogP contribution in [0.2, 0.25) is 0 Å². The zero-order valence-corrected chi connectivity index (χ0v) is 27.0. The summed E-state index contributed by atoms with van der Waals surface area (Å²) in [5, 5.41) is 13.8. The first-order valence-corrected chi connectivity index (χ1v) is 17.9. The molecule has 0 aliphatic rings. The van der Waals surface area contributed by atoms with E-state index in [-0.39, 0.29) is 0 Å². The highest BCUT2D eigenvalue weighted by Gasteiger charge is 2.12. The molecule has 0 fully saturated rings. The van der Waals surface area contributed by atoms with Crippen LogP contribution in [0.15, 0.2) is 133 Å². The van der Waals surface area contributed by atoms with E-state index in [4.69, 9.17) is 0 Å². The number of fused-ring (bicyclic) bond motifs is 6. The van der Waals surface area contributed by atoms with E-state index in [1.807, 2.05) is 22.7 Å². The van der Waals surface area contributed by atoms with Gasteiger partial charge in [-0.2, -0.15) is 0 Å². The summed E-state index contributed by atoms with van der Waals surface area (Å²) < 4.78 is 5.51. The predicted octanol–water partition coefficient (Wildman–Crippen LogP) is 12.9. The lowest BCUT2D eigenvalue weighted by atomic mass is 9.90. The van der Waals surface area contributed by atoms with Crippen LogP contribution in [-0.2, 0) is 25.7 Å². The quantitative estimate of drug-likeness (QED) is 0.162. The maximum absolute atomic E-state index is 2.43. The van der Waals surface area contributed by atoms with Crippen LogP contribution in [0.3, 0.4) is 0 Å². The van der Waals surface area contributed by atoms with E-state index in [1.165, 1.54) is 94.9 Å². The molecule has 2 heterocycles. The van der Waals surface area contributed by atoms with Gasteiger partial charge in [-0.15, -0.1) is 22.7 Å². The van der Waals surface area contributed by atoms with Crippen molar-refractivity contribution in [3.05, 3.63) is 156 Å². The lowest BCUT2D eigenvalue weighted by molar-refractivity contribution is 0.965. The second-order valence-electron chi connectivity index (χ2n) is 12.8. The van der Waals surface area contributed by atoms with Crippen LogP contribution in [0.5, 0.6) is 0 Å². The Morgan fingerprint density at radius 3 is 1.11 bits per heavy atom. The monoisotopic (exact) mass is 622 g/mol. The van der Waals surface area contributed by atoms with Gasteiger partial charge in [-0.05, 0) is 117 Å². The second kappa shape index (κ2) is 10.4. The van der Waals surface area contributed by atoms with Crippen molar-refractivity contribution in [3.8, 4) is 0 Å². The topological polar surface area (TPSA) is 0 Å². The molecule has 2 aromatic heterocycles. The van der Waals surface area contributed by atoms with Gasteiger partial charge in [0.2, 0.25) is 0 Å². The fourth-order valence-electron chi connectivity index (χ4n) is 7.69. The van der Waals surface area contributed by atoms with Gasteiger partial charge >= 0.3 is 0 Å². The van der Waals surface area contributed by atoms with E-state index in [2.05, 4.69) is 133 Å². The molecule has 0 saturated carbocycles. The third-order valence-electron chi connectivity index (χ3n) is 9.94. The average molecular weight is 623 g/mol. The summed E-state index contributed by atoms with van der Waals surface area (Å²) in [7, 11) is 0. The Balaban J connectivity index is 0.932. The third-order valence-corrected chi connectivity index (χ3v) is 12.2. The fraction of sp³-hybridized carbons (Fsp3) is 0.0909. The molecule has 0 spiro atoms. The van der Waals surface area contributed by atoms with E-state index in [0.717, 1.165) is 25.7 Å². The van der Waals surface area contributed by atoms with E-state index in [0.29, 0.717) is 0 Å². The summed E-state index contributed by atoms with van der Waals surface area (Å²) in [6.45, 7) is 0. The summed E-state index contributed by atoms with van der Waals surface area (Å²) in [4.78, 5) is 0. The lowest BCUT2D eigenvalue weighted by Gasteiger charge is -2.14. The number of aryl methyl sites for hydroxylation is 4. The van der Waals surface area contributed by atoms with Crippen molar-refractivity contribution in [3.63, 3.8) is 0 Å². The molecule has 2 heteroatoms. The zero-order valence-electron chi connectivity index (χ0n) is 25.3. The molecule has 46 heavy (non-hydrogen) atoms.